The van der Waals surface area contributed by atoms with Gasteiger partial charge in [0.15, 0.2) is 0 Å². The van der Waals surface area contributed by atoms with Crippen LogP contribution >= 0.6 is 0 Å². The van der Waals surface area contributed by atoms with E-state index < -0.39 is 0 Å². The molecule has 2 aliphatic carbocycles. The molecule has 8 aromatic rings. The topological polar surface area (TPSA) is 4.93 Å². The predicted molar refractivity (Wildman–Crippen MR) is 202 cm³/mol. The Labute approximate surface area is 281 Å². The van der Waals surface area contributed by atoms with Gasteiger partial charge in [-0.25, -0.2) is 0 Å². The molecule has 1 nitrogen and oxygen atoms in total. The first-order valence-electron chi connectivity index (χ1n) is 17.0. The van der Waals surface area contributed by atoms with Crippen molar-refractivity contribution in [3.63, 3.8) is 0 Å². The summed E-state index contributed by atoms with van der Waals surface area (Å²) in [5.74, 6) is 0. The molecule has 7 aromatic carbocycles. The van der Waals surface area contributed by atoms with Gasteiger partial charge in [-0.05, 0) is 104 Å². The summed E-state index contributed by atoms with van der Waals surface area (Å²) < 4.78 is 2.39. The van der Waals surface area contributed by atoms with Gasteiger partial charge in [-0.2, -0.15) is 0 Å². The summed E-state index contributed by atoms with van der Waals surface area (Å²) in [5.41, 5.74) is 19.6. The fourth-order valence-electron chi connectivity index (χ4n) is 9.47. The van der Waals surface area contributed by atoms with Gasteiger partial charge in [-0.1, -0.05) is 145 Å². The van der Waals surface area contributed by atoms with Crippen LogP contribution in [0.25, 0.3) is 66.2 Å². The molecule has 1 heteroatoms. The zero-order valence-electron chi connectivity index (χ0n) is 27.7. The molecule has 2 aliphatic rings. The van der Waals surface area contributed by atoms with Crippen molar-refractivity contribution in [2.24, 2.45) is 7.05 Å². The predicted octanol–water partition coefficient (Wildman–Crippen LogP) is 11.9. The van der Waals surface area contributed by atoms with E-state index in [1.165, 1.54) is 105 Å². The van der Waals surface area contributed by atoms with Crippen LogP contribution in [0.4, 0.5) is 0 Å². The number of fused-ring (bicyclic) bond motifs is 12. The van der Waals surface area contributed by atoms with Crippen LogP contribution in [-0.2, 0) is 12.5 Å². The van der Waals surface area contributed by atoms with Crippen LogP contribution in [0.5, 0.6) is 0 Å². The fraction of sp³-hybridized carbons (Fsp3) is 0.106. The molecule has 48 heavy (non-hydrogen) atoms. The molecule has 228 valence electrons. The quantitative estimate of drug-likeness (QED) is 0.171. The zero-order chi connectivity index (χ0) is 32.3. The highest BCUT2D eigenvalue weighted by molar-refractivity contribution is 6.23. The van der Waals surface area contributed by atoms with E-state index in [2.05, 4.69) is 172 Å². The van der Waals surface area contributed by atoms with E-state index in [9.17, 15) is 0 Å². The summed E-state index contributed by atoms with van der Waals surface area (Å²) in [7, 11) is 2.22. The van der Waals surface area contributed by atoms with Gasteiger partial charge in [-0.15, -0.1) is 0 Å². The third-order valence-corrected chi connectivity index (χ3v) is 11.2. The number of hydrogen-bond donors (Lipinski definition) is 0. The number of nitrogens with zero attached hydrogens (tertiary/aromatic N) is 1. The zero-order valence-corrected chi connectivity index (χ0v) is 27.7. The van der Waals surface area contributed by atoms with Gasteiger partial charge >= 0.3 is 0 Å². The Morgan fingerprint density at radius 2 is 0.917 bits per heavy atom. The van der Waals surface area contributed by atoms with Crippen LogP contribution in [0.3, 0.4) is 0 Å². The molecule has 0 N–H and O–H groups in total. The molecule has 0 aliphatic heterocycles. The van der Waals surface area contributed by atoms with Crippen molar-refractivity contribution in [1.29, 1.82) is 0 Å². The van der Waals surface area contributed by atoms with Gasteiger partial charge in [0.05, 0.1) is 11.1 Å². The molecular formula is C47H35N. The molecule has 1 unspecified atom stereocenters. The van der Waals surface area contributed by atoms with Crippen molar-refractivity contribution in [3.8, 4) is 44.6 Å². The van der Waals surface area contributed by atoms with Crippen molar-refractivity contribution in [3.05, 3.63) is 179 Å². The molecule has 0 amide bonds. The largest absolute Gasteiger partial charge is 0.348 e. The van der Waals surface area contributed by atoms with Crippen molar-refractivity contribution < 1.29 is 0 Å². The lowest BCUT2D eigenvalue weighted by atomic mass is 9.70. The molecule has 0 radical (unpaired) electrons. The maximum atomic E-state index is 2.44. The number of aryl methyl sites for hydroxylation is 3. The van der Waals surface area contributed by atoms with E-state index >= 15 is 0 Å². The molecule has 1 heterocycles. The summed E-state index contributed by atoms with van der Waals surface area (Å²) in [4.78, 5) is 0. The van der Waals surface area contributed by atoms with Crippen LogP contribution in [0.15, 0.2) is 140 Å². The average molecular weight is 614 g/mol. The Hall–Kier alpha value is -5.66. The highest BCUT2D eigenvalue weighted by Crippen LogP contribution is 2.64. The SMILES string of the molecule is Cc1cc(C)cc(-c2c3ccccc3c(-c3cccc4c3-c3ccccc3C43c4ccccc4-c4c3cc(C)n4C)c3ccccc23)c1. The molecule has 0 saturated heterocycles. The summed E-state index contributed by atoms with van der Waals surface area (Å²) in [5, 5.41) is 5.17. The fourth-order valence-corrected chi connectivity index (χ4v) is 9.47. The lowest BCUT2D eigenvalue weighted by molar-refractivity contribution is 0.794. The van der Waals surface area contributed by atoms with Crippen molar-refractivity contribution in [2.45, 2.75) is 26.2 Å². The van der Waals surface area contributed by atoms with Gasteiger partial charge in [0, 0.05) is 18.3 Å². The average Bonchev–Trinajstić information content (AvgIpc) is 3.68. The van der Waals surface area contributed by atoms with Gasteiger partial charge in [0.1, 0.15) is 0 Å². The lowest BCUT2D eigenvalue weighted by Gasteiger charge is -2.30. The maximum absolute atomic E-state index is 2.44. The highest BCUT2D eigenvalue weighted by atomic mass is 15.0. The second kappa shape index (κ2) is 9.69. The van der Waals surface area contributed by atoms with Crippen LogP contribution < -0.4 is 0 Å². The van der Waals surface area contributed by atoms with E-state index in [4.69, 9.17) is 0 Å². The van der Waals surface area contributed by atoms with Crippen LogP contribution in [0, 0.1) is 20.8 Å². The number of aromatic nitrogens is 1. The number of benzene rings is 7. The second-order valence-corrected chi connectivity index (χ2v) is 13.9. The van der Waals surface area contributed by atoms with Gasteiger partial charge < -0.3 is 4.57 Å². The van der Waals surface area contributed by atoms with Gasteiger partial charge in [0.25, 0.3) is 0 Å². The Morgan fingerprint density at radius 1 is 0.417 bits per heavy atom. The van der Waals surface area contributed by atoms with Crippen molar-refractivity contribution >= 4 is 21.5 Å². The van der Waals surface area contributed by atoms with E-state index in [1.807, 2.05) is 0 Å². The minimum absolute atomic E-state index is 0.371. The number of rotatable bonds is 2. The summed E-state index contributed by atoms with van der Waals surface area (Å²) in [6.07, 6.45) is 0. The van der Waals surface area contributed by atoms with E-state index in [0.717, 1.165) is 0 Å². The number of hydrogen-bond acceptors (Lipinski definition) is 0. The second-order valence-electron chi connectivity index (χ2n) is 13.9. The summed E-state index contributed by atoms with van der Waals surface area (Å²) in [6, 6.07) is 52.9. The van der Waals surface area contributed by atoms with Crippen LogP contribution in [0.1, 0.15) is 39.1 Å². The van der Waals surface area contributed by atoms with Gasteiger partial charge in [0.2, 0.25) is 0 Å². The normalized spacial score (nSPS) is 15.6. The molecule has 1 atom stereocenters. The molecule has 0 saturated carbocycles. The van der Waals surface area contributed by atoms with Gasteiger partial charge in [-0.3, -0.25) is 0 Å². The standard InChI is InChI=1S/C47H35N/c1-28-24-29(2)26-31(25-28)43-32-14-5-7-16-34(32)44(35-17-8-6-15-33(35)43)38-20-13-23-41-45(38)36-18-9-11-21-39(36)47(41)40-22-12-10-19-37(40)46-42(47)27-30(3)48(46)4/h5-27H,1-4H3. The maximum Gasteiger partial charge on any atom is 0.0741 e. The van der Waals surface area contributed by atoms with E-state index in [1.54, 1.807) is 0 Å². The first-order chi connectivity index (χ1) is 23.5. The molecule has 1 aromatic heterocycles. The van der Waals surface area contributed by atoms with Crippen LogP contribution in [0.2, 0.25) is 0 Å². The van der Waals surface area contributed by atoms with E-state index in [-0.39, 0.29) is 5.41 Å². The molecule has 1 spiro atoms. The van der Waals surface area contributed by atoms with E-state index in [0.29, 0.717) is 0 Å². The molecule has 0 fully saturated rings. The lowest BCUT2D eigenvalue weighted by Crippen LogP contribution is -2.25. The minimum atomic E-state index is -0.371. The Bertz CT molecular complexity index is 2590. The minimum Gasteiger partial charge on any atom is -0.348 e. The molecule has 0 bridgehead atoms. The van der Waals surface area contributed by atoms with Crippen LogP contribution in [-0.4, -0.2) is 4.57 Å². The van der Waals surface area contributed by atoms with Crippen molar-refractivity contribution in [1.82, 2.24) is 4.57 Å². The highest BCUT2D eigenvalue weighted by Gasteiger charge is 2.53. The Balaban J connectivity index is 1.37. The Morgan fingerprint density at radius 3 is 1.56 bits per heavy atom. The van der Waals surface area contributed by atoms with Crippen molar-refractivity contribution in [2.75, 3.05) is 0 Å². The summed E-state index contributed by atoms with van der Waals surface area (Å²) in [6.45, 7) is 6.65. The first kappa shape index (κ1) is 27.5. The first-order valence-corrected chi connectivity index (χ1v) is 17.0. The molecule has 10 rings (SSSR count). The third kappa shape index (κ3) is 3.36. The third-order valence-electron chi connectivity index (χ3n) is 11.2. The smallest absolute Gasteiger partial charge is 0.0741 e. The Kier molecular flexibility index (Phi) is 5.54. The summed E-state index contributed by atoms with van der Waals surface area (Å²) >= 11 is 0. The molecular weight excluding hydrogens is 579 g/mol. The monoisotopic (exact) mass is 613 g/mol.